The Morgan fingerprint density at radius 3 is 2.40 bits per heavy atom. The molecular weight excluding hydrogens is 374 g/mol. The molecule has 1 N–H and O–H groups in total. The van der Waals surface area contributed by atoms with Crippen LogP contribution in [0.4, 0.5) is 0 Å². The van der Waals surface area contributed by atoms with Gasteiger partial charge in [-0.05, 0) is 93.2 Å². The Kier molecular flexibility index (Phi) is 5.16. The third kappa shape index (κ3) is 3.64. The van der Waals surface area contributed by atoms with Crippen molar-refractivity contribution in [3.05, 3.63) is 28.2 Å². The molecule has 1 aromatic rings. The maximum Gasteiger partial charge on any atom is 0.123 e. The van der Waals surface area contributed by atoms with E-state index in [0.29, 0.717) is 11.5 Å². The Balaban J connectivity index is 1.44. The SMILES string of the molecule is CCCOc1ccc(Br)cc1CNC(C)C12CC3CC(CC(C3)C1)C2. The molecule has 4 bridgehead atoms. The Hall–Kier alpha value is -0.540. The Bertz CT molecular complexity index is 579. The van der Waals surface area contributed by atoms with E-state index in [1.807, 2.05) is 0 Å². The summed E-state index contributed by atoms with van der Waals surface area (Å²) in [5, 5.41) is 3.90. The molecule has 3 heteroatoms. The van der Waals surface area contributed by atoms with Crippen molar-refractivity contribution >= 4 is 15.9 Å². The summed E-state index contributed by atoms with van der Waals surface area (Å²) >= 11 is 3.62. The van der Waals surface area contributed by atoms with Crippen LogP contribution in [0.1, 0.15) is 64.4 Å². The molecule has 138 valence electrons. The van der Waals surface area contributed by atoms with E-state index in [0.717, 1.165) is 47.5 Å². The molecule has 0 spiro atoms. The zero-order valence-corrected chi connectivity index (χ0v) is 17.3. The molecule has 0 saturated heterocycles. The minimum absolute atomic E-state index is 0.561. The molecule has 0 heterocycles. The van der Waals surface area contributed by atoms with E-state index in [9.17, 15) is 0 Å². The van der Waals surface area contributed by atoms with Crippen LogP contribution < -0.4 is 10.1 Å². The zero-order chi connectivity index (χ0) is 17.4. The van der Waals surface area contributed by atoms with Crippen molar-refractivity contribution in [1.82, 2.24) is 5.32 Å². The molecule has 4 saturated carbocycles. The van der Waals surface area contributed by atoms with Gasteiger partial charge in [0, 0.05) is 22.6 Å². The second kappa shape index (κ2) is 7.23. The monoisotopic (exact) mass is 405 g/mol. The highest BCUT2D eigenvalue weighted by Gasteiger charge is 2.52. The fraction of sp³-hybridized carbons (Fsp3) is 0.727. The van der Waals surface area contributed by atoms with Crippen LogP contribution in [0.25, 0.3) is 0 Å². The third-order valence-electron chi connectivity index (χ3n) is 7.09. The van der Waals surface area contributed by atoms with E-state index in [-0.39, 0.29) is 0 Å². The predicted molar refractivity (Wildman–Crippen MR) is 107 cm³/mol. The van der Waals surface area contributed by atoms with Gasteiger partial charge in [0.1, 0.15) is 5.75 Å². The third-order valence-corrected chi connectivity index (χ3v) is 7.58. The van der Waals surface area contributed by atoms with Crippen LogP contribution in [0.2, 0.25) is 0 Å². The lowest BCUT2D eigenvalue weighted by molar-refractivity contribution is -0.0706. The van der Waals surface area contributed by atoms with Crippen molar-refractivity contribution in [3.63, 3.8) is 0 Å². The summed E-state index contributed by atoms with van der Waals surface area (Å²) in [4.78, 5) is 0. The number of benzene rings is 1. The smallest absolute Gasteiger partial charge is 0.123 e. The highest BCUT2D eigenvalue weighted by molar-refractivity contribution is 9.10. The lowest BCUT2D eigenvalue weighted by Gasteiger charge is -2.59. The van der Waals surface area contributed by atoms with Crippen LogP contribution in [0.3, 0.4) is 0 Å². The van der Waals surface area contributed by atoms with Gasteiger partial charge in [-0.2, -0.15) is 0 Å². The van der Waals surface area contributed by atoms with Gasteiger partial charge < -0.3 is 10.1 Å². The molecular formula is C22H32BrNO. The quantitative estimate of drug-likeness (QED) is 0.606. The van der Waals surface area contributed by atoms with Gasteiger partial charge in [-0.3, -0.25) is 0 Å². The number of nitrogens with one attached hydrogen (secondary N) is 1. The van der Waals surface area contributed by atoms with Crippen molar-refractivity contribution in [2.24, 2.45) is 23.2 Å². The van der Waals surface area contributed by atoms with E-state index in [1.54, 1.807) is 0 Å². The lowest BCUT2D eigenvalue weighted by Crippen LogP contribution is -2.54. The summed E-state index contributed by atoms with van der Waals surface area (Å²) in [5.41, 5.74) is 1.84. The standard InChI is InChI=1S/C22H32BrNO/c1-3-6-25-21-5-4-20(23)10-19(21)14-24-15(2)22-11-16-7-17(12-22)9-18(8-16)13-22/h4-5,10,15-18,24H,3,6-9,11-14H2,1-2H3. The minimum atomic E-state index is 0.561. The molecule has 0 aromatic heterocycles. The molecule has 2 nitrogen and oxygen atoms in total. The summed E-state index contributed by atoms with van der Waals surface area (Å²) in [5.74, 6) is 4.09. The van der Waals surface area contributed by atoms with Gasteiger partial charge >= 0.3 is 0 Å². The average molecular weight is 406 g/mol. The Morgan fingerprint density at radius 1 is 1.16 bits per heavy atom. The van der Waals surface area contributed by atoms with Crippen LogP contribution in [-0.2, 0) is 6.54 Å². The highest BCUT2D eigenvalue weighted by Crippen LogP contribution is 2.61. The van der Waals surface area contributed by atoms with Gasteiger partial charge in [0.05, 0.1) is 6.61 Å². The number of rotatable bonds is 7. The van der Waals surface area contributed by atoms with Gasteiger partial charge in [0.15, 0.2) is 0 Å². The first-order valence-electron chi connectivity index (χ1n) is 10.2. The maximum absolute atomic E-state index is 5.96. The van der Waals surface area contributed by atoms with E-state index in [4.69, 9.17) is 4.74 Å². The van der Waals surface area contributed by atoms with Crippen molar-refractivity contribution in [1.29, 1.82) is 0 Å². The van der Waals surface area contributed by atoms with Gasteiger partial charge in [-0.1, -0.05) is 22.9 Å². The summed E-state index contributed by atoms with van der Waals surface area (Å²) in [6, 6.07) is 6.99. The van der Waals surface area contributed by atoms with E-state index >= 15 is 0 Å². The number of hydrogen-bond donors (Lipinski definition) is 1. The second-order valence-corrected chi connectivity index (χ2v) is 9.90. The molecule has 1 unspecified atom stereocenters. The lowest BCUT2D eigenvalue weighted by atomic mass is 9.48. The van der Waals surface area contributed by atoms with Crippen molar-refractivity contribution in [2.45, 2.75) is 71.4 Å². The molecule has 25 heavy (non-hydrogen) atoms. The predicted octanol–water partition coefficient (Wildman–Crippen LogP) is 5.93. The van der Waals surface area contributed by atoms with Crippen LogP contribution >= 0.6 is 15.9 Å². The van der Waals surface area contributed by atoms with Gasteiger partial charge in [0.2, 0.25) is 0 Å². The first-order chi connectivity index (χ1) is 12.1. The minimum Gasteiger partial charge on any atom is -0.493 e. The topological polar surface area (TPSA) is 21.3 Å². The number of hydrogen-bond acceptors (Lipinski definition) is 2. The maximum atomic E-state index is 5.96. The van der Waals surface area contributed by atoms with Gasteiger partial charge in [0.25, 0.3) is 0 Å². The van der Waals surface area contributed by atoms with E-state index in [1.165, 1.54) is 44.1 Å². The number of ether oxygens (including phenoxy) is 1. The molecule has 4 fully saturated rings. The molecule has 0 radical (unpaired) electrons. The van der Waals surface area contributed by atoms with E-state index in [2.05, 4.69) is 53.3 Å². The van der Waals surface area contributed by atoms with Crippen molar-refractivity contribution in [2.75, 3.05) is 6.61 Å². The second-order valence-electron chi connectivity index (χ2n) is 8.98. The molecule has 0 amide bonds. The van der Waals surface area contributed by atoms with Crippen molar-refractivity contribution in [3.8, 4) is 5.75 Å². The van der Waals surface area contributed by atoms with Crippen LogP contribution in [0, 0.1) is 23.2 Å². The largest absolute Gasteiger partial charge is 0.493 e. The summed E-state index contributed by atoms with van der Waals surface area (Å²) < 4.78 is 7.10. The summed E-state index contributed by atoms with van der Waals surface area (Å²) in [7, 11) is 0. The normalized spacial score (nSPS) is 34.3. The fourth-order valence-electron chi connectivity index (χ4n) is 6.23. The van der Waals surface area contributed by atoms with Gasteiger partial charge in [-0.25, -0.2) is 0 Å². The highest BCUT2D eigenvalue weighted by atomic mass is 79.9. The molecule has 4 aliphatic rings. The van der Waals surface area contributed by atoms with Crippen LogP contribution in [-0.4, -0.2) is 12.6 Å². The Morgan fingerprint density at radius 2 is 1.80 bits per heavy atom. The molecule has 0 aliphatic heterocycles. The molecule has 4 aliphatic carbocycles. The molecule has 1 aromatic carbocycles. The summed E-state index contributed by atoms with van der Waals surface area (Å²) in [6.07, 6.45) is 10.00. The molecule has 1 atom stereocenters. The first-order valence-corrected chi connectivity index (χ1v) is 11.0. The summed E-state index contributed by atoms with van der Waals surface area (Å²) in [6.45, 7) is 6.30. The molecule has 5 rings (SSSR count). The van der Waals surface area contributed by atoms with Crippen LogP contribution in [0.15, 0.2) is 22.7 Å². The number of halogens is 1. The zero-order valence-electron chi connectivity index (χ0n) is 15.7. The van der Waals surface area contributed by atoms with Crippen molar-refractivity contribution < 1.29 is 4.74 Å². The fourth-order valence-corrected chi connectivity index (χ4v) is 6.64. The average Bonchev–Trinajstić information content (AvgIpc) is 2.57. The van der Waals surface area contributed by atoms with Crippen LogP contribution in [0.5, 0.6) is 5.75 Å². The first kappa shape index (κ1) is 17.9. The Labute approximate surface area is 161 Å². The van der Waals surface area contributed by atoms with Gasteiger partial charge in [-0.15, -0.1) is 0 Å². The van der Waals surface area contributed by atoms with E-state index < -0.39 is 0 Å².